The van der Waals surface area contributed by atoms with Gasteiger partial charge in [0.05, 0.1) is 6.61 Å². The lowest BCUT2D eigenvalue weighted by Crippen LogP contribution is -2.50. The van der Waals surface area contributed by atoms with Crippen LogP contribution in [0.3, 0.4) is 0 Å². The average molecular weight is 388 g/mol. The van der Waals surface area contributed by atoms with Crippen molar-refractivity contribution >= 4 is 5.91 Å². The maximum Gasteiger partial charge on any atom is 0.223 e. The highest BCUT2D eigenvalue weighted by atomic mass is 16.3. The second kappa shape index (κ2) is 10.9. The van der Waals surface area contributed by atoms with E-state index in [9.17, 15) is 4.79 Å². The number of piperidine rings is 2. The minimum Gasteiger partial charge on any atom is -0.394 e. The molecule has 0 bridgehead atoms. The monoisotopic (exact) mass is 387 g/mol. The minimum atomic E-state index is -0.142. The van der Waals surface area contributed by atoms with Gasteiger partial charge in [-0.15, -0.1) is 0 Å². The highest BCUT2D eigenvalue weighted by Gasteiger charge is 2.30. The molecule has 1 aromatic rings. The Kier molecular flexibility index (Phi) is 8.31. The SMILES string of the molecule is C[C@@H](CO)NC(=O)C1CCN(C2CCN(CCCc3ccccc3)CC2)CC1. The standard InChI is InChI=1S/C23H37N3O2/c1-19(18-27)24-23(28)21-9-16-26(17-10-21)22-11-14-25(15-12-22)13-5-8-20-6-3-2-4-7-20/h2-4,6-7,19,21-22,27H,5,8-18H2,1H3,(H,24,28)/t19-/m0/s1. The first-order chi connectivity index (χ1) is 13.7. The number of carbonyl (C=O) groups is 1. The molecule has 2 heterocycles. The van der Waals surface area contributed by atoms with Crippen molar-refractivity contribution < 1.29 is 9.90 Å². The zero-order valence-electron chi connectivity index (χ0n) is 17.4. The van der Waals surface area contributed by atoms with Crippen molar-refractivity contribution in [1.29, 1.82) is 0 Å². The van der Waals surface area contributed by atoms with Gasteiger partial charge in [-0.25, -0.2) is 0 Å². The van der Waals surface area contributed by atoms with Gasteiger partial charge in [0.2, 0.25) is 5.91 Å². The molecule has 1 amide bonds. The summed E-state index contributed by atoms with van der Waals surface area (Å²) in [4.78, 5) is 17.5. The first-order valence-electron chi connectivity index (χ1n) is 11.1. The van der Waals surface area contributed by atoms with Gasteiger partial charge in [0.1, 0.15) is 0 Å². The van der Waals surface area contributed by atoms with Crippen LogP contribution in [0.1, 0.15) is 44.6 Å². The molecule has 28 heavy (non-hydrogen) atoms. The summed E-state index contributed by atoms with van der Waals surface area (Å²) in [6.45, 7) is 7.53. The third-order valence-corrected chi connectivity index (χ3v) is 6.42. The Labute approximate surface area is 170 Å². The van der Waals surface area contributed by atoms with E-state index in [0.717, 1.165) is 25.9 Å². The second-order valence-corrected chi connectivity index (χ2v) is 8.56. The van der Waals surface area contributed by atoms with Crippen LogP contribution in [0.5, 0.6) is 0 Å². The first-order valence-corrected chi connectivity index (χ1v) is 11.1. The molecule has 0 spiro atoms. The molecule has 0 unspecified atom stereocenters. The van der Waals surface area contributed by atoms with Gasteiger partial charge >= 0.3 is 0 Å². The summed E-state index contributed by atoms with van der Waals surface area (Å²) in [7, 11) is 0. The number of aliphatic hydroxyl groups excluding tert-OH is 1. The number of benzene rings is 1. The number of aryl methyl sites for hydroxylation is 1. The third-order valence-electron chi connectivity index (χ3n) is 6.42. The molecule has 5 nitrogen and oxygen atoms in total. The Morgan fingerprint density at radius 1 is 1.11 bits per heavy atom. The number of hydrogen-bond acceptors (Lipinski definition) is 4. The van der Waals surface area contributed by atoms with E-state index >= 15 is 0 Å². The van der Waals surface area contributed by atoms with Crippen molar-refractivity contribution in [2.75, 3.05) is 39.3 Å². The molecular weight excluding hydrogens is 350 g/mol. The van der Waals surface area contributed by atoms with Gasteiger partial charge in [-0.1, -0.05) is 30.3 Å². The van der Waals surface area contributed by atoms with Crippen LogP contribution in [-0.4, -0.2) is 72.2 Å². The highest BCUT2D eigenvalue weighted by molar-refractivity contribution is 5.79. The molecule has 5 heteroatoms. The van der Waals surface area contributed by atoms with Gasteiger partial charge < -0.3 is 20.2 Å². The number of hydrogen-bond donors (Lipinski definition) is 2. The van der Waals surface area contributed by atoms with Crippen molar-refractivity contribution in [2.45, 2.75) is 57.5 Å². The van der Waals surface area contributed by atoms with Crippen molar-refractivity contribution in [3.8, 4) is 0 Å². The molecule has 2 fully saturated rings. The number of nitrogens with one attached hydrogen (secondary N) is 1. The molecule has 0 aliphatic carbocycles. The van der Waals surface area contributed by atoms with Crippen LogP contribution in [0.15, 0.2) is 30.3 Å². The quantitative estimate of drug-likeness (QED) is 0.719. The fraction of sp³-hybridized carbons (Fsp3) is 0.696. The topological polar surface area (TPSA) is 55.8 Å². The van der Waals surface area contributed by atoms with E-state index in [4.69, 9.17) is 5.11 Å². The normalized spacial score (nSPS) is 21.5. The summed E-state index contributed by atoms with van der Waals surface area (Å²) in [5, 5.41) is 12.0. The summed E-state index contributed by atoms with van der Waals surface area (Å²) >= 11 is 0. The Morgan fingerprint density at radius 3 is 2.43 bits per heavy atom. The molecule has 0 saturated carbocycles. The molecule has 3 rings (SSSR count). The summed E-state index contributed by atoms with van der Waals surface area (Å²) in [6, 6.07) is 11.3. The molecule has 2 aliphatic heterocycles. The molecule has 2 aliphatic rings. The number of likely N-dealkylation sites (tertiary alicyclic amines) is 2. The van der Waals surface area contributed by atoms with Crippen molar-refractivity contribution in [3.05, 3.63) is 35.9 Å². The maximum absolute atomic E-state index is 12.2. The first kappa shape index (κ1) is 21.3. The lowest BCUT2D eigenvalue weighted by molar-refractivity contribution is -0.127. The smallest absolute Gasteiger partial charge is 0.223 e. The van der Waals surface area contributed by atoms with E-state index in [1.54, 1.807) is 0 Å². The van der Waals surface area contributed by atoms with Crippen molar-refractivity contribution in [2.24, 2.45) is 5.92 Å². The molecule has 2 N–H and O–H groups in total. The van der Waals surface area contributed by atoms with E-state index in [1.807, 2.05) is 6.92 Å². The van der Waals surface area contributed by atoms with E-state index in [-0.39, 0.29) is 24.5 Å². The summed E-state index contributed by atoms with van der Waals surface area (Å²) in [5.74, 6) is 0.234. The summed E-state index contributed by atoms with van der Waals surface area (Å²) < 4.78 is 0. The Hall–Kier alpha value is -1.43. The molecule has 1 atom stereocenters. The van der Waals surface area contributed by atoms with Crippen LogP contribution in [0.25, 0.3) is 0 Å². The Bertz CT molecular complexity index is 579. The van der Waals surface area contributed by atoms with Crippen LogP contribution in [0.4, 0.5) is 0 Å². The molecule has 156 valence electrons. The largest absolute Gasteiger partial charge is 0.394 e. The van der Waals surface area contributed by atoms with Crippen LogP contribution in [0, 0.1) is 5.92 Å². The molecule has 0 radical (unpaired) electrons. The van der Waals surface area contributed by atoms with Crippen LogP contribution >= 0.6 is 0 Å². The predicted octanol–water partition coefficient (Wildman–Crippen LogP) is 2.29. The number of amides is 1. The van der Waals surface area contributed by atoms with Crippen molar-refractivity contribution in [1.82, 2.24) is 15.1 Å². The lowest BCUT2D eigenvalue weighted by atomic mass is 9.92. The molecule has 0 aromatic heterocycles. The van der Waals surface area contributed by atoms with Crippen LogP contribution in [-0.2, 0) is 11.2 Å². The van der Waals surface area contributed by atoms with E-state index in [0.29, 0.717) is 6.04 Å². The number of carbonyl (C=O) groups excluding carboxylic acids is 1. The predicted molar refractivity (Wildman–Crippen MR) is 113 cm³/mol. The Balaban J connectivity index is 1.32. The van der Waals surface area contributed by atoms with Gasteiger partial charge in [-0.05, 0) is 83.7 Å². The van der Waals surface area contributed by atoms with Gasteiger partial charge in [0.25, 0.3) is 0 Å². The number of aliphatic hydroxyl groups is 1. The second-order valence-electron chi connectivity index (χ2n) is 8.56. The van der Waals surface area contributed by atoms with E-state index in [2.05, 4.69) is 45.4 Å². The van der Waals surface area contributed by atoms with Gasteiger partial charge in [-0.2, -0.15) is 0 Å². The molecule has 2 saturated heterocycles. The number of rotatable bonds is 8. The summed E-state index contributed by atoms with van der Waals surface area (Å²) in [6.07, 6.45) is 6.81. The van der Waals surface area contributed by atoms with E-state index < -0.39 is 0 Å². The zero-order valence-corrected chi connectivity index (χ0v) is 17.4. The minimum absolute atomic E-state index is 0.00844. The van der Waals surface area contributed by atoms with Gasteiger partial charge in [-0.3, -0.25) is 4.79 Å². The van der Waals surface area contributed by atoms with Gasteiger partial charge in [0.15, 0.2) is 0 Å². The molecule has 1 aromatic carbocycles. The lowest BCUT2D eigenvalue weighted by Gasteiger charge is -2.41. The maximum atomic E-state index is 12.2. The van der Waals surface area contributed by atoms with Crippen LogP contribution in [0.2, 0.25) is 0 Å². The fourth-order valence-electron chi connectivity index (χ4n) is 4.59. The third kappa shape index (κ3) is 6.29. The van der Waals surface area contributed by atoms with Crippen molar-refractivity contribution in [3.63, 3.8) is 0 Å². The van der Waals surface area contributed by atoms with Gasteiger partial charge in [0, 0.05) is 18.0 Å². The summed E-state index contributed by atoms with van der Waals surface area (Å²) in [5.41, 5.74) is 1.44. The zero-order chi connectivity index (χ0) is 19.8. The average Bonchev–Trinajstić information content (AvgIpc) is 2.75. The van der Waals surface area contributed by atoms with Crippen LogP contribution < -0.4 is 5.32 Å². The fourth-order valence-corrected chi connectivity index (χ4v) is 4.59. The Morgan fingerprint density at radius 2 is 1.79 bits per heavy atom. The number of nitrogens with zero attached hydrogens (tertiary/aromatic N) is 2. The van der Waals surface area contributed by atoms with E-state index in [1.165, 1.54) is 50.9 Å². The highest BCUT2D eigenvalue weighted by Crippen LogP contribution is 2.24. The molecular formula is C23H37N3O2.